The molecule has 0 spiro atoms. The fourth-order valence-electron chi connectivity index (χ4n) is 2.42. The van der Waals surface area contributed by atoms with Crippen molar-refractivity contribution in [2.45, 2.75) is 25.3 Å². The van der Waals surface area contributed by atoms with Crippen molar-refractivity contribution in [3.8, 4) is 5.75 Å². The number of alkyl halides is 1. The molecule has 1 atom stereocenters. The van der Waals surface area contributed by atoms with E-state index in [0.717, 1.165) is 34.2 Å². The second-order valence-corrected chi connectivity index (χ2v) is 6.09. The molecule has 0 N–H and O–H groups in total. The maximum atomic E-state index is 6.06. The van der Waals surface area contributed by atoms with E-state index in [0.29, 0.717) is 11.8 Å². The van der Waals surface area contributed by atoms with Crippen LogP contribution in [0.4, 0.5) is 0 Å². The fraction of sp³-hybridized carbons (Fsp3) is 0.333. The van der Waals surface area contributed by atoms with Gasteiger partial charge in [0.05, 0.1) is 29.0 Å². The Balaban J connectivity index is 2.00. The largest absolute Gasteiger partial charge is 0.497 e. The van der Waals surface area contributed by atoms with Gasteiger partial charge in [0, 0.05) is 30.1 Å². The Morgan fingerprint density at radius 3 is 2.95 bits per heavy atom. The Bertz CT molecular complexity index is 739. The third kappa shape index (κ3) is 2.76. The third-order valence-electron chi connectivity index (χ3n) is 3.48. The minimum absolute atomic E-state index is 0.325. The Hall–Kier alpha value is -1.59. The molecule has 4 nitrogen and oxygen atoms in total. The summed E-state index contributed by atoms with van der Waals surface area (Å²) in [6.45, 7) is 2.99. The summed E-state index contributed by atoms with van der Waals surface area (Å²) in [5.41, 5.74) is 1.99. The lowest BCUT2D eigenvalue weighted by atomic mass is 10.2. The summed E-state index contributed by atoms with van der Waals surface area (Å²) in [4.78, 5) is 9.00. The lowest BCUT2D eigenvalue weighted by Gasteiger charge is -2.12. The van der Waals surface area contributed by atoms with Crippen molar-refractivity contribution in [2.75, 3.05) is 7.11 Å². The predicted octanol–water partition coefficient (Wildman–Crippen LogP) is 4.04. The quantitative estimate of drug-likeness (QED) is 0.666. The number of aromatic nitrogens is 3. The highest BCUT2D eigenvalue weighted by Gasteiger charge is 2.15. The Labute approximate surface area is 132 Å². The molecule has 2 aromatic heterocycles. The molecule has 3 rings (SSSR count). The van der Waals surface area contributed by atoms with E-state index in [4.69, 9.17) is 16.3 Å². The minimum atomic E-state index is 0.325. The molecule has 0 saturated heterocycles. The van der Waals surface area contributed by atoms with Gasteiger partial charge in [-0.05, 0) is 12.1 Å². The van der Waals surface area contributed by atoms with Crippen molar-refractivity contribution >= 4 is 34.0 Å². The summed E-state index contributed by atoms with van der Waals surface area (Å²) in [7, 11) is 1.66. The average Bonchev–Trinajstić information content (AvgIpc) is 3.14. The molecule has 21 heavy (non-hydrogen) atoms. The molecule has 6 heteroatoms. The number of halogens is 1. The van der Waals surface area contributed by atoms with Crippen LogP contribution in [0.25, 0.3) is 11.0 Å². The van der Waals surface area contributed by atoms with E-state index < -0.39 is 0 Å². The second kappa shape index (κ2) is 6.03. The van der Waals surface area contributed by atoms with E-state index in [1.54, 1.807) is 18.4 Å². The van der Waals surface area contributed by atoms with Gasteiger partial charge in [-0.1, -0.05) is 6.92 Å². The van der Waals surface area contributed by atoms with E-state index in [-0.39, 0.29) is 0 Å². The standard InChI is InChI=1S/C15H16ClN3OS/c1-10(15-17-5-6-21-15)9-19-13-4-3-11(20-2)7-12(13)18-14(19)8-16/h3-7,10H,8-9H2,1-2H3. The van der Waals surface area contributed by atoms with E-state index in [1.807, 2.05) is 29.8 Å². The fourth-order valence-corrected chi connectivity index (χ4v) is 3.32. The van der Waals surface area contributed by atoms with Crippen LogP contribution >= 0.6 is 22.9 Å². The number of hydrogen-bond donors (Lipinski definition) is 0. The number of fused-ring (bicyclic) bond motifs is 1. The van der Waals surface area contributed by atoms with Crippen LogP contribution in [0.15, 0.2) is 29.8 Å². The van der Waals surface area contributed by atoms with Crippen LogP contribution in [0.2, 0.25) is 0 Å². The molecule has 0 aliphatic rings. The van der Waals surface area contributed by atoms with Gasteiger partial charge in [-0.2, -0.15) is 0 Å². The van der Waals surface area contributed by atoms with Gasteiger partial charge in [-0.3, -0.25) is 0 Å². The van der Waals surface area contributed by atoms with E-state index in [9.17, 15) is 0 Å². The number of rotatable bonds is 5. The first kappa shape index (κ1) is 14.4. The van der Waals surface area contributed by atoms with Crippen LogP contribution in [0.3, 0.4) is 0 Å². The highest BCUT2D eigenvalue weighted by Crippen LogP contribution is 2.26. The van der Waals surface area contributed by atoms with Crippen molar-refractivity contribution in [1.82, 2.24) is 14.5 Å². The maximum Gasteiger partial charge on any atom is 0.124 e. The van der Waals surface area contributed by atoms with Crippen molar-refractivity contribution in [3.63, 3.8) is 0 Å². The molecule has 0 bridgehead atoms. The Morgan fingerprint density at radius 1 is 1.43 bits per heavy atom. The maximum absolute atomic E-state index is 6.06. The number of thiazole rings is 1. The zero-order valence-electron chi connectivity index (χ0n) is 11.9. The van der Waals surface area contributed by atoms with Crippen molar-refractivity contribution in [1.29, 1.82) is 0 Å². The number of imidazole rings is 1. The molecule has 0 fully saturated rings. The number of ether oxygens (including phenoxy) is 1. The first-order valence-corrected chi connectivity index (χ1v) is 8.13. The van der Waals surface area contributed by atoms with Gasteiger partial charge in [0.1, 0.15) is 11.6 Å². The third-order valence-corrected chi connectivity index (χ3v) is 4.73. The van der Waals surface area contributed by atoms with Crippen LogP contribution in [0.1, 0.15) is 23.7 Å². The normalized spacial score (nSPS) is 12.7. The molecule has 1 aromatic carbocycles. The van der Waals surface area contributed by atoms with Gasteiger partial charge in [-0.15, -0.1) is 22.9 Å². The van der Waals surface area contributed by atoms with Crippen LogP contribution < -0.4 is 4.74 Å². The van der Waals surface area contributed by atoms with Gasteiger partial charge in [0.15, 0.2) is 0 Å². The van der Waals surface area contributed by atoms with Gasteiger partial charge in [0.2, 0.25) is 0 Å². The molecule has 0 amide bonds. The van der Waals surface area contributed by atoms with Crippen LogP contribution in [0, 0.1) is 0 Å². The molecule has 110 valence electrons. The molecule has 0 saturated carbocycles. The lowest BCUT2D eigenvalue weighted by Crippen LogP contribution is -2.08. The summed E-state index contributed by atoms with van der Waals surface area (Å²) in [5, 5.41) is 3.14. The zero-order valence-corrected chi connectivity index (χ0v) is 13.5. The summed E-state index contributed by atoms with van der Waals surface area (Å²) >= 11 is 7.74. The summed E-state index contributed by atoms with van der Waals surface area (Å²) < 4.78 is 7.43. The molecule has 0 aliphatic carbocycles. The summed E-state index contributed by atoms with van der Waals surface area (Å²) in [5.74, 6) is 2.40. The zero-order chi connectivity index (χ0) is 14.8. The Morgan fingerprint density at radius 2 is 2.29 bits per heavy atom. The number of methoxy groups -OCH3 is 1. The molecule has 0 aliphatic heterocycles. The minimum Gasteiger partial charge on any atom is -0.497 e. The summed E-state index contributed by atoms with van der Waals surface area (Å²) in [6.07, 6.45) is 1.84. The van der Waals surface area contributed by atoms with Gasteiger partial charge >= 0.3 is 0 Å². The highest BCUT2D eigenvalue weighted by atomic mass is 35.5. The van der Waals surface area contributed by atoms with Gasteiger partial charge in [0.25, 0.3) is 0 Å². The molecule has 1 unspecified atom stereocenters. The van der Waals surface area contributed by atoms with Crippen LogP contribution in [-0.2, 0) is 12.4 Å². The van der Waals surface area contributed by atoms with E-state index in [1.165, 1.54) is 0 Å². The van der Waals surface area contributed by atoms with Crippen molar-refractivity contribution < 1.29 is 4.74 Å². The molecule has 2 heterocycles. The first-order chi connectivity index (χ1) is 10.2. The lowest BCUT2D eigenvalue weighted by molar-refractivity contribution is 0.415. The Kier molecular flexibility index (Phi) is 4.12. The van der Waals surface area contributed by atoms with Crippen LogP contribution in [0.5, 0.6) is 5.75 Å². The monoisotopic (exact) mass is 321 g/mol. The molecular weight excluding hydrogens is 306 g/mol. The molecular formula is C15H16ClN3OS. The van der Waals surface area contributed by atoms with Gasteiger partial charge in [-0.25, -0.2) is 9.97 Å². The average molecular weight is 322 g/mol. The van der Waals surface area contributed by atoms with Crippen molar-refractivity contribution in [3.05, 3.63) is 40.6 Å². The SMILES string of the molecule is COc1ccc2c(c1)nc(CCl)n2CC(C)c1nccs1. The molecule has 3 aromatic rings. The smallest absolute Gasteiger partial charge is 0.124 e. The van der Waals surface area contributed by atoms with Gasteiger partial charge < -0.3 is 9.30 Å². The second-order valence-electron chi connectivity index (χ2n) is 4.90. The molecule has 0 radical (unpaired) electrons. The van der Waals surface area contributed by atoms with E-state index >= 15 is 0 Å². The topological polar surface area (TPSA) is 39.9 Å². The predicted molar refractivity (Wildman–Crippen MR) is 86.4 cm³/mol. The summed E-state index contributed by atoms with van der Waals surface area (Å²) in [6, 6.07) is 5.92. The highest BCUT2D eigenvalue weighted by molar-refractivity contribution is 7.09. The van der Waals surface area contributed by atoms with E-state index in [2.05, 4.69) is 21.5 Å². The van der Waals surface area contributed by atoms with Crippen LogP contribution in [-0.4, -0.2) is 21.6 Å². The first-order valence-electron chi connectivity index (χ1n) is 6.71. The number of benzene rings is 1. The number of nitrogens with zero attached hydrogens (tertiary/aromatic N) is 3. The number of hydrogen-bond acceptors (Lipinski definition) is 4. The van der Waals surface area contributed by atoms with Crippen molar-refractivity contribution in [2.24, 2.45) is 0 Å².